The number of hydrogen-bond donors (Lipinski definition) is 0. The van der Waals surface area contributed by atoms with Crippen LogP contribution in [0.5, 0.6) is 0 Å². The summed E-state index contributed by atoms with van der Waals surface area (Å²) in [6.45, 7) is 4.15. The SMILES string of the molecule is CC(C)c1ccc2c(Cl)c(C(=O)ON3C(=O)c4ccccc4C3=O)sc2c1. The molecule has 136 valence electrons. The van der Waals surface area contributed by atoms with E-state index in [1.54, 1.807) is 12.1 Å². The topological polar surface area (TPSA) is 63.7 Å². The number of hydrogen-bond acceptors (Lipinski definition) is 5. The Bertz CT molecular complexity index is 1080. The summed E-state index contributed by atoms with van der Waals surface area (Å²) in [6, 6.07) is 12.1. The third kappa shape index (κ3) is 2.81. The fraction of sp³-hybridized carbons (Fsp3) is 0.150. The minimum Gasteiger partial charge on any atom is -0.323 e. The molecule has 5 nitrogen and oxygen atoms in total. The molecular formula is C20H14ClNO4S. The van der Waals surface area contributed by atoms with Crippen molar-refractivity contribution in [1.82, 2.24) is 5.06 Å². The van der Waals surface area contributed by atoms with Crippen LogP contribution in [0.25, 0.3) is 10.1 Å². The smallest absolute Gasteiger partial charge is 0.323 e. The van der Waals surface area contributed by atoms with Crippen LogP contribution in [0.1, 0.15) is 55.7 Å². The first-order valence-corrected chi connectivity index (χ1v) is 9.50. The van der Waals surface area contributed by atoms with Gasteiger partial charge in [-0.05, 0) is 29.7 Å². The molecule has 4 rings (SSSR count). The molecule has 2 heterocycles. The molecule has 0 spiro atoms. The number of amides is 2. The van der Waals surface area contributed by atoms with Crippen molar-refractivity contribution in [3.05, 3.63) is 69.1 Å². The van der Waals surface area contributed by atoms with Crippen LogP contribution in [-0.2, 0) is 4.84 Å². The van der Waals surface area contributed by atoms with E-state index in [0.29, 0.717) is 11.0 Å². The van der Waals surface area contributed by atoms with E-state index in [9.17, 15) is 14.4 Å². The Morgan fingerprint density at radius 1 is 1.07 bits per heavy atom. The molecule has 2 aromatic carbocycles. The van der Waals surface area contributed by atoms with E-state index >= 15 is 0 Å². The molecule has 0 aliphatic carbocycles. The standard InChI is InChI=1S/C20H14ClNO4S/c1-10(2)11-7-8-14-15(9-11)27-17(16(14)21)20(25)26-22-18(23)12-5-3-4-6-13(12)19(22)24/h3-10H,1-2H3. The summed E-state index contributed by atoms with van der Waals surface area (Å²) in [6.07, 6.45) is 0. The number of hydroxylamine groups is 2. The molecule has 1 aromatic heterocycles. The molecule has 1 aliphatic heterocycles. The number of thiophene rings is 1. The molecule has 1 aliphatic rings. The molecule has 2 amide bonds. The van der Waals surface area contributed by atoms with Crippen LogP contribution in [0.15, 0.2) is 42.5 Å². The van der Waals surface area contributed by atoms with Crippen LogP contribution in [0.4, 0.5) is 0 Å². The number of halogens is 1. The molecule has 0 unspecified atom stereocenters. The molecule has 3 aromatic rings. The van der Waals surface area contributed by atoms with Gasteiger partial charge in [-0.2, -0.15) is 0 Å². The highest BCUT2D eigenvalue weighted by Crippen LogP contribution is 2.37. The molecule has 0 saturated heterocycles. The maximum Gasteiger partial charge on any atom is 0.375 e. The van der Waals surface area contributed by atoms with Crippen molar-refractivity contribution < 1.29 is 19.2 Å². The summed E-state index contributed by atoms with van der Waals surface area (Å²) in [5, 5.41) is 1.49. The van der Waals surface area contributed by atoms with Crippen LogP contribution in [0.3, 0.4) is 0 Å². The van der Waals surface area contributed by atoms with E-state index in [1.165, 1.54) is 23.5 Å². The monoisotopic (exact) mass is 399 g/mol. The first-order chi connectivity index (χ1) is 12.9. The van der Waals surface area contributed by atoms with Crippen LogP contribution in [0.2, 0.25) is 5.02 Å². The summed E-state index contributed by atoms with van der Waals surface area (Å²) in [4.78, 5) is 42.6. The van der Waals surface area contributed by atoms with Crippen molar-refractivity contribution in [2.45, 2.75) is 19.8 Å². The third-order valence-electron chi connectivity index (χ3n) is 4.44. The molecule has 0 saturated carbocycles. The van der Waals surface area contributed by atoms with E-state index in [0.717, 1.165) is 15.6 Å². The number of nitrogens with zero attached hydrogens (tertiary/aromatic N) is 1. The van der Waals surface area contributed by atoms with Crippen molar-refractivity contribution in [2.24, 2.45) is 0 Å². The lowest BCUT2D eigenvalue weighted by Gasteiger charge is -2.11. The van der Waals surface area contributed by atoms with Gasteiger partial charge in [-0.1, -0.05) is 54.8 Å². The number of carbonyl (C=O) groups is 3. The van der Waals surface area contributed by atoms with Gasteiger partial charge in [0.2, 0.25) is 0 Å². The lowest BCUT2D eigenvalue weighted by Crippen LogP contribution is -2.32. The van der Waals surface area contributed by atoms with Crippen LogP contribution < -0.4 is 0 Å². The van der Waals surface area contributed by atoms with Gasteiger partial charge in [0.25, 0.3) is 11.8 Å². The molecular weight excluding hydrogens is 386 g/mol. The lowest BCUT2D eigenvalue weighted by molar-refractivity contribution is -0.0581. The lowest BCUT2D eigenvalue weighted by atomic mass is 10.0. The highest BCUT2D eigenvalue weighted by atomic mass is 35.5. The van der Waals surface area contributed by atoms with E-state index < -0.39 is 17.8 Å². The van der Waals surface area contributed by atoms with Crippen molar-refractivity contribution in [1.29, 1.82) is 0 Å². The second kappa shape index (κ2) is 6.48. The van der Waals surface area contributed by atoms with Gasteiger partial charge in [-0.15, -0.1) is 11.3 Å². The number of carbonyl (C=O) groups excluding carboxylic acids is 3. The molecule has 0 radical (unpaired) electrons. The zero-order valence-corrected chi connectivity index (χ0v) is 16.1. The van der Waals surface area contributed by atoms with Gasteiger partial charge < -0.3 is 4.84 Å². The van der Waals surface area contributed by atoms with E-state index in [1.807, 2.05) is 18.2 Å². The van der Waals surface area contributed by atoms with Gasteiger partial charge in [0.05, 0.1) is 16.1 Å². The molecule has 7 heteroatoms. The van der Waals surface area contributed by atoms with Gasteiger partial charge >= 0.3 is 5.97 Å². The maximum absolute atomic E-state index is 12.6. The highest BCUT2D eigenvalue weighted by Gasteiger charge is 2.39. The summed E-state index contributed by atoms with van der Waals surface area (Å²) in [5.74, 6) is -1.82. The second-order valence-electron chi connectivity index (χ2n) is 6.48. The summed E-state index contributed by atoms with van der Waals surface area (Å²) < 4.78 is 0.848. The summed E-state index contributed by atoms with van der Waals surface area (Å²) in [7, 11) is 0. The molecule has 0 bridgehead atoms. The average molecular weight is 400 g/mol. The Morgan fingerprint density at radius 2 is 1.70 bits per heavy atom. The number of imide groups is 1. The highest BCUT2D eigenvalue weighted by molar-refractivity contribution is 7.21. The minimum absolute atomic E-state index is 0.157. The Balaban J connectivity index is 1.65. The van der Waals surface area contributed by atoms with Crippen molar-refractivity contribution in [2.75, 3.05) is 0 Å². The van der Waals surface area contributed by atoms with E-state index in [2.05, 4.69) is 13.8 Å². The number of rotatable bonds is 3. The van der Waals surface area contributed by atoms with Crippen molar-refractivity contribution in [3.63, 3.8) is 0 Å². The Labute approximate surface area is 164 Å². The van der Waals surface area contributed by atoms with E-state index in [4.69, 9.17) is 16.4 Å². The molecule has 0 atom stereocenters. The van der Waals surface area contributed by atoms with Gasteiger partial charge in [0, 0.05) is 10.1 Å². The van der Waals surface area contributed by atoms with Gasteiger partial charge in [-0.3, -0.25) is 9.59 Å². The zero-order valence-electron chi connectivity index (χ0n) is 14.5. The van der Waals surface area contributed by atoms with Gasteiger partial charge in [0.1, 0.15) is 4.88 Å². The second-order valence-corrected chi connectivity index (χ2v) is 7.91. The first-order valence-electron chi connectivity index (χ1n) is 8.30. The van der Waals surface area contributed by atoms with E-state index in [-0.39, 0.29) is 21.0 Å². The fourth-order valence-electron chi connectivity index (χ4n) is 2.95. The summed E-state index contributed by atoms with van der Waals surface area (Å²) >= 11 is 7.53. The Kier molecular flexibility index (Phi) is 4.25. The van der Waals surface area contributed by atoms with Crippen LogP contribution >= 0.6 is 22.9 Å². The minimum atomic E-state index is -0.832. The number of benzene rings is 2. The van der Waals surface area contributed by atoms with Crippen molar-refractivity contribution in [3.8, 4) is 0 Å². The Hall–Kier alpha value is -2.70. The quantitative estimate of drug-likeness (QED) is 0.578. The van der Waals surface area contributed by atoms with Crippen molar-refractivity contribution >= 4 is 50.8 Å². The normalized spacial score (nSPS) is 13.6. The maximum atomic E-state index is 12.6. The van der Waals surface area contributed by atoms with Gasteiger partial charge in [0.15, 0.2) is 0 Å². The molecule has 0 fully saturated rings. The van der Waals surface area contributed by atoms with Crippen LogP contribution in [-0.4, -0.2) is 22.8 Å². The first kappa shape index (κ1) is 17.7. The predicted octanol–water partition coefficient (Wildman–Crippen LogP) is 5.05. The third-order valence-corrected chi connectivity index (χ3v) is 6.07. The average Bonchev–Trinajstić information content (AvgIpc) is 3.12. The predicted molar refractivity (Wildman–Crippen MR) is 103 cm³/mol. The summed E-state index contributed by atoms with van der Waals surface area (Å²) in [5.41, 5.74) is 1.54. The largest absolute Gasteiger partial charge is 0.375 e. The van der Waals surface area contributed by atoms with Gasteiger partial charge in [-0.25, -0.2) is 4.79 Å². The Morgan fingerprint density at radius 3 is 2.30 bits per heavy atom. The molecule has 27 heavy (non-hydrogen) atoms. The fourth-order valence-corrected chi connectivity index (χ4v) is 4.38. The molecule has 0 N–H and O–H groups in total. The van der Waals surface area contributed by atoms with Crippen LogP contribution in [0, 0.1) is 0 Å². The zero-order chi connectivity index (χ0) is 19.3. The number of fused-ring (bicyclic) bond motifs is 2.